The van der Waals surface area contributed by atoms with Gasteiger partial charge in [-0.25, -0.2) is 0 Å². The van der Waals surface area contributed by atoms with Crippen LogP contribution in [0.4, 0.5) is 5.69 Å². The molecule has 1 unspecified atom stereocenters. The third kappa shape index (κ3) is 3.26. The van der Waals surface area contributed by atoms with Gasteiger partial charge in [0.1, 0.15) is 0 Å². The van der Waals surface area contributed by atoms with Crippen molar-refractivity contribution >= 4 is 5.69 Å². The molecule has 2 heteroatoms. The normalized spacial score (nSPS) is 22.6. The molecule has 1 fully saturated rings. The zero-order valence-corrected chi connectivity index (χ0v) is 11.7. The zero-order valence-electron chi connectivity index (χ0n) is 11.7. The van der Waals surface area contributed by atoms with Gasteiger partial charge >= 0.3 is 0 Å². The van der Waals surface area contributed by atoms with Crippen LogP contribution < -0.4 is 10.6 Å². The molecule has 1 aliphatic heterocycles. The molecule has 2 nitrogen and oxygen atoms in total. The SMILES string of the molecule is CCC1CCCN(c2ccc([C@@H](C)N)cc2)CC1. The van der Waals surface area contributed by atoms with E-state index in [1.54, 1.807) is 0 Å². The van der Waals surface area contributed by atoms with Crippen molar-refractivity contribution in [3.8, 4) is 0 Å². The van der Waals surface area contributed by atoms with Crippen LogP contribution in [-0.4, -0.2) is 13.1 Å². The van der Waals surface area contributed by atoms with E-state index < -0.39 is 0 Å². The van der Waals surface area contributed by atoms with Gasteiger partial charge in [0, 0.05) is 24.8 Å². The second-order valence-electron chi connectivity index (χ2n) is 5.57. The average Bonchev–Trinajstić information content (AvgIpc) is 2.64. The highest BCUT2D eigenvalue weighted by Gasteiger charge is 2.15. The first kappa shape index (κ1) is 13.4. The minimum absolute atomic E-state index is 0.132. The first-order chi connectivity index (χ1) is 8.70. The molecule has 1 aliphatic rings. The maximum absolute atomic E-state index is 5.89. The standard InChI is InChI=1S/C16H26N2/c1-3-14-5-4-11-18(12-10-14)16-8-6-15(7-9-16)13(2)17/h6-9,13-14H,3-5,10-12,17H2,1-2H3/t13-,14?/m1/s1. The Morgan fingerprint density at radius 2 is 1.94 bits per heavy atom. The van der Waals surface area contributed by atoms with Crippen LogP contribution in [0.1, 0.15) is 51.1 Å². The van der Waals surface area contributed by atoms with Crippen molar-refractivity contribution in [1.82, 2.24) is 0 Å². The van der Waals surface area contributed by atoms with E-state index >= 15 is 0 Å². The van der Waals surface area contributed by atoms with Gasteiger partial charge in [0.15, 0.2) is 0 Å². The van der Waals surface area contributed by atoms with Crippen LogP contribution in [0, 0.1) is 5.92 Å². The van der Waals surface area contributed by atoms with E-state index in [0.29, 0.717) is 0 Å². The summed E-state index contributed by atoms with van der Waals surface area (Å²) < 4.78 is 0. The number of rotatable bonds is 3. The molecule has 0 aromatic heterocycles. The van der Waals surface area contributed by atoms with E-state index in [9.17, 15) is 0 Å². The molecule has 1 heterocycles. The van der Waals surface area contributed by atoms with E-state index in [-0.39, 0.29) is 6.04 Å². The minimum Gasteiger partial charge on any atom is -0.372 e. The zero-order chi connectivity index (χ0) is 13.0. The summed E-state index contributed by atoms with van der Waals surface area (Å²) in [6, 6.07) is 8.92. The molecule has 0 amide bonds. The highest BCUT2D eigenvalue weighted by Crippen LogP contribution is 2.25. The summed E-state index contributed by atoms with van der Waals surface area (Å²) in [7, 11) is 0. The first-order valence-electron chi connectivity index (χ1n) is 7.31. The molecule has 1 aromatic rings. The van der Waals surface area contributed by atoms with Crippen LogP contribution in [0.25, 0.3) is 0 Å². The van der Waals surface area contributed by atoms with Gasteiger partial charge in [0.05, 0.1) is 0 Å². The highest BCUT2D eigenvalue weighted by atomic mass is 15.1. The molecule has 1 aromatic carbocycles. The molecule has 0 aliphatic carbocycles. The predicted octanol–water partition coefficient (Wildman–Crippen LogP) is 3.72. The van der Waals surface area contributed by atoms with Gasteiger partial charge in [0.25, 0.3) is 0 Å². The fraction of sp³-hybridized carbons (Fsp3) is 0.625. The Morgan fingerprint density at radius 1 is 1.22 bits per heavy atom. The second kappa shape index (κ2) is 6.24. The fourth-order valence-corrected chi connectivity index (χ4v) is 2.82. The maximum atomic E-state index is 5.89. The van der Waals surface area contributed by atoms with E-state index in [4.69, 9.17) is 5.73 Å². The molecule has 0 saturated carbocycles. The van der Waals surface area contributed by atoms with Crippen LogP contribution in [0.3, 0.4) is 0 Å². The van der Waals surface area contributed by atoms with E-state index in [0.717, 1.165) is 5.92 Å². The van der Waals surface area contributed by atoms with Crippen LogP contribution >= 0.6 is 0 Å². The topological polar surface area (TPSA) is 29.3 Å². The van der Waals surface area contributed by atoms with Crippen molar-refractivity contribution in [1.29, 1.82) is 0 Å². The Hall–Kier alpha value is -1.02. The van der Waals surface area contributed by atoms with Crippen LogP contribution in [-0.2, 0) is 0 Å². The lowest BCUT2D eigenvalue weighted by molar-refractivity contribution is 0.459. The Morgan fingerprint density at radius 3 is 2.56 bits per heavy atom. The molecular formula is C16H26N2. The molecule has 0 bridgehead atoms. The van der Waals surface area contributed by atoms with Crippen molar-refractivity contribution in [2.75, 3.05) is 18.0 Å². The summed E-state index contributed by atoms with van der Waals surface area (Å²) in [5.41, 5.74) is 8.47. The second-order valence-corrected chi connectivity index (χ2v) is 5.57. The van der Waals surface area contributed by atoms with E-state index in [1.807, 2.05) is 6.92 Å². The summed E-state index contributed by atoms with van der Waals surface area (Å²) in [5.74, 6) is 0.929. The maximum Gasteiger partial charge on any atom is 0.0366 e. The lowest BCUT2D eigenvalue weighted by Gasteiger charge is -2.23. The molecule has 2 atom stereocenters. The summed E-state index contributed by atoms with van der Waals surface area (Å²) in [5, 5.41) is 0. The molecule has 0 spiro atoms. The lowest BCUT2D eigenvalue weighted by atomic mass is 9.98. The Labute approximate surface area is 111 Å². The van der Waals surface area contributed by atoms with Gasteiger partial charge < -0.3 is 10.6 Å². The largest absolute Gasteiger partial charge is 0.372 e. The van der Waals surface area contributed by atoms with Crippen molar-refractivity contribution < 1.29 is 0 Å². The molecule has 100 valence electrons. The fourth-order valence-electron chi connectivity index (χ4n) is 2.82. The predicted molar refractivity (Wildman–Crippen MR) is 78.9 cm³/mol. The van der Waals surface area contributed by atoms with Gasteiger partial charge in [-0.3, -0.25) is 0 Å². The van der Waals surface area contributed by atoms with Gasteiger partial charge in [-0.1, -0.05) is 25.5 Å². The van der Waals surface area contributed by atoms with Crippen LogP contribution in [0.2, 0.25) is 0 Å². The molecule has 0 radical (unpaired) electrons. The Balaban J connectivity index is 2.02. The quantitative estimate of drug-likeness (QED) is 0.880. The van der Waals surface area contributed by atoms with Gasteiger partial charge in [-0.15, -0.1) is 0 Å². The number of nitrogens with two attached hydrogens (primary N) is 1. The monoisotopic (exact) mass is 246 g/mol. The first-order valence-corrected chi connectivity index (χ1v) is 7.31. The van der Waals surface area contributed by atoms with Crippen molar-refractivity contribution in [2.45, 2.75) is 45.6 Å². The van der Waals surface area contributed by atoms with E-state index in [2.05, 4.69) is 36.1 Å². The van der Waals surface area contributed by atoms with Gasteiger partial charge in [-0.05, 0) is 49.8 Å². The average molecular weight is 246 g/mol. The van der Waals surface area contributed by atoms with Gasteiger partial charge in [0.2, 0.25) is 0 Å². The van der Waals surface area contributed by atoms with Gasteiger partial charge in [-0.2, -0.15) is 0 Å². The van der Waals surface area contributed by atoms with Crippen LogP contribution in [0.5, 0.6) is 0 Å². The summed E-state index contributed by atoms with van der Waals surface area (Å²) in [6.45, 7) is 6.76. The molecule has 2 rings (SSSR count). The summed E-state index contributed by atoms with van der Waals surface area (Å²) in [6.07, 6.45) is 5.39. The Kier molecular flexibility index (Phi) is 4.65. The highest BCUT2D eigenvalue weighted by molar-refractivity contribution is 5.48. The number of hydrogen-bond acceptors (Lipinski definition) is 2. The Bertz CT molecular complexity index is 356. The third-order valence-electron chi connectivity index (χ3n) is 4.21. The number of nitrogens with zero attached hydrogens (tertiary/aromatic N) is 1. The number of benzene rings is 1. The molecular weight excluding hydrogens is 220 g/mol. The summed E-state index contributed by atoms with van der Waals surface area (Å²) >= 11 is 0. The van der Waals surface area contributed by atoms with Crippen LogP contribution in [0.15, 0.2) is 24.3 Å². The number of hydrogen-bond donors (Lipinski definition) is 1. The van der Waals surface area contributed by atoms with Crippen molar-refractivity contribution in [2.24, 2.45) is 11.7 Å². The van der Waals surface area contributed by atoms with E-state index in [1.165, 1.54) is 50.0 Å². The molecule has 18 heavy (non-hydrogen) atoms. The molecule has 2 N–H and O–H groups in total. The lowest BCUT2D eigenvalue weighted by Crippen LogP contribution is -2.24. The molecule has 1 saturated heterocycles. The smallest absolute Gasteiger partial charge is 0.0366 e. The van der Waals surface area contributed by atoms with Crippen molar-refractivity contribution in [3.63, 3.8) is 0 Å². The van der Waals surface area contributed by atoms with Crippen molar-refractivity contribution in [3.05, 3.63) is 29.8 Å². The third-order valence-corrected chi connectivity index (χ3v) is 4.21. The minimum atomic E-state index is 0.132. The number of anilines is 1. The summed E-state index contributed by atoms with van der Waals surface area (Å²) in [4.78, 5) is 2.53.